The average molecular weight is 340 g/mol. The van der Waals surface area contributed by atoms with Crippen molar-refractivity contribution in [1.29, 1.82) is 0 Å². The van der Waals surface area contributed by atoms with E-state index >= 15 is 0 Å². The summed E-state index contributed by atoms with van der Waals surface area (Å²) < 4.78 is 13.8. The third-order valence-electron chi connectivity index (χ3n) is 3.38. The maximum absolute atomic E-state index is 13.8. The Bertz CT molecular complexity index is 868. The number of pyridine rings is 1. The first-order valence-electron chi connectivity index (χ1n) is 7.26. The number of nitro groups is 1. The first-order valence-corrected chi connectivity index (χ1v) is 7.26. The fourth-order valence-corrected chi connectivity index (χ4v) is 2.15. The number of hydrogen-bond acceptors (Lipinski definition) is 7. The second-order valence-corrected chi connectivity index (χ2v) is 5.08. The van der Waals surface area contributed by atoms with Crippen LogP contribution in [0.1, 0.15) is 5.56 Å². The third kappa shape index (κ3) is 3.50. The van der Waals surface area contributed by atoms with Gasteiger partial charge in [-0.05, 0) is 30.7 Å². The molecule has 0 spiro atoms. The summed E-state index contributed by atoms with van der Waals surface area (Å²) in [4.78, 5) is 22.8. The number of rotatable bonds is 5. The molecule has 9 heteroatoms. The van der Waals surface area contributed by atoms with E-state index in [4.69, 9.17) is 0 Å². The molecule has 0 saturated heterocycles. The molecule has 3 rings (SSSR count). The number of benzene rings is 1. The van der Waals surface area contributed by atoms with Crippen molar-refractivity contribution < 1.29 is 9.31 Å². The molecule has 0 saturated carbocycles. The van der Waals surface area contributed by atoms with Gasteiger partial charge in [0.25, 0.3) is 0 Å². The maximum atomic E-state index is 13.8. The van der Waals surface area contributed by atoms with Gasteiger partial charge in [0.2, 0.25) is 11.6 Å². The molecule has 3 aromatic rings. The van der Waals surface area contributed by atoms with Gasteiger partial charge in [-0.3, -0.25) is 10.1 Å². The molecule has 0 fully saturated rings. The molecule has 0 aliphatic heterocycles. The van der Waals surface area contributed by atoms with Crippen LogP contribution in [-0.4, -0.2) is 19.9 Å². The predicted molar refractivity (Wildman–Crippen MR) is 90.6 cm³/mol. The van der Waals surface area contributed by atoms with E-state index in [-0.39, 0.29) is 17.3 Å². The lowest BCUT2D eigenvalue weighted by molar-refractivity contribution is -0.383. The summed E-state index contributed by atoms with van der Waals surface area (Å²) in [5, 5.41) is 17.0. The van der Waals surface area contributed by atoms with Gasteiger partial charge in [-0.25, -0.2) is 19.3 Å². The molecule has 126 valence electrons. The van der Waals surface area contributed by atoms with Gasteiger partial charge in [0.1, 0.15) is 18.0 Å². The van der Waals surface area contributed by atoms with E-state index in [1.54, 1.807) is 31.3 Å². The molecule has 2 heterocycles. The van der Waals surface area contributed by atoms with Gasteiger partial charge in [0.15, 0.2) is 0 Å². The SMILES string of the molecule is Cc1cccnc1Nc1ncnc(Nc2ccccc2F)c1[N+](=O)[O-]. The molecule has 2 aromatic heterocycles. The summed E-state index contributed by atoms with van der Waals surface area (Å²) >= 11 is 0. The Morgan fingerprint density at radius 1 is 1.00 bits per heavy atom. The second kappa shape index (κ2) is 6.87. The molecular formula is C16H13FN6O2. The molecule has 0 bridgehead atoms. The van der Waals surface area contributed by atoms with E-state index in [0.29, 0.717) is 5.82 Å². The van der Waals surface area contributed by atoms with Crippen LogP contribution >= 0.6 is 0 Å². The van der Waals surface area contributed by atoms with Crippen LogP contribution in [0.4, 0.5) is 33.2 Å². The van der Waals surface area contributed by atoms with Crippen LogP contribution < -0.4 is 10.6 Å². The van der Waals surface area contributed by atoms with Crippen LogP contribution in [0.5, 0.6) is 0 Å². The Morgan fingerprint density at radius 3 is 2.40 bits per heavy atom. The van der Waals surface area contributed by atoms with Crippen LogP contribution in [0, 0.1) is 22.9 Å². The minimum Gasteiger partial charge on any atom is -0.332 e. The van der Waals surface area contributed by atoms with Gasteiger partial charge in [0, 0.05) is 6.20 Å². The normalized spacial score (nSPS) is 10.3. The highest BCUT2D eigenvalue weighted by molar-refractivity contribution is 5.76. The molecule has 0 aliphatic carbocycles. The quantitative estimate of drug-likeness (QED) is 0.538. The Labute approximate surface area is 141 Å². The van der Waals surface area contributed by atoms with Gasteiger partial charge in [-0.2, -0.15) is 0 Å². The number of aromatic nitrogens is 3. The molecule has 0 unspecified atom stereocenters. The molecule has 0 aliphatic rings. The highest BCUT2D eigenvalue weighted by Crippen LogP contribution is 2.33. The smallest absolute Gasteiger partial charge is 0.332 e. The first-order chi connectivity index (χ1) is 12.1. The lowest BCUT2D eigenvalue weighted by atomic mass is 10.3. The fraction of sp³-hybridized carbons (Fsp3) is 0.0625. The summed E-state index contributed by atoms with van der Waals surface area (Å²) in [7, 11) is 0. The number of halogens is 1. The number of aryl methyl sites for hydroxylation is 1. The van der Waals surface area contributed by atoms with Crippen LogP contribution in [-0.2, 0) is 0 Å². The Hall–Kier alpha value is -3.62. The Kier molecular flexibility index (Phi) is 4.46. The van der Waals surface area contributed by atoms with Crippen LogP contribution in [0.15, 0.2) is 48.9 Å². The van der Waals surface area contributed by atoms with Crippen molar-refractivity contribution in [2.24, 2.45) is 0 Å². The van der Waals surface area contributed by atoms with Gasteiger partial charge >= 0.3 is 5.69 Å². The summed E-state index contributed by atoms with van der Waals surface area (Å²) in [6.45, 7) is 1.81. The summed E-state index contributed by atoms with van der Waals surface area (Å²) in [6, 6.07) is 9.38. The Morgan fingerprint density at radius 2 is 1.72 bits per heavy atom. The van der Waals surface area contributed by atoms with E-state index < -0.39 is 16.4 Å². The van der Waals surface area contributed by atoms with E-state index in [0.717, 1.165) is 11.9 Å². The lowest BCUT2D eigenvalue weighted by Gasteiger charge is -2.11. The zero-order valence-electron chi connectivity index (χ0n) is 13.1. The molecule has 2 N–H and O–H groups in total. The van der Waals surface area contributed by atoms with Crippen molar-refractivity contribution in [1.82, 2.24) is 15.0 Å². The highest BCUT2D eigenvalue weighted by Gasteiger charge is 2.24. The lowest BCUT2D eigenvalue weighted by Crippen LogP contribution is -2.07. The minimum absolute atomic E-state index is 0.0411. The zero-order valence-corrected chi connectivity index (χ0v) is 13.1. The summed E-state index contributed by atoms with van der Waals surface area (Å²) in [6.07, 6.45) is 2.71. The molecular weight excluding hydrogens is 327 g/mol. The van der Waals surface area contributed by atoms with Gasteiger partial charge in [-0.1, -0.05) is 18.2 Å². The maximum Gasteiger partial charge on any atom is 0.353 e. The molecule has 1 aromatic carbocycles. The monoisotopic (exact) mass is 340 g/mol. The van der Waals surface area contributed by atoms with Crippen molar-refractivity contribution in [3.8, 4) is 0 Å². The molecule has 0 radical (unpaired) electrons. The molecule has 25 heavy (non-hydrogen) atoms. The highest BCUT2D eigenvalue weighted by atomic mass is 19.1. The number of nitrogens with one attached hydrogen (secondary N) is 2. The largest absolute Gasteiger partial charge is 0.353 e. The number of para-hydroxylation sites is 1. The topological polar surface area (TPSA) is 106 Å². The van der Waals surface area contributed by atoms with E-state index in [9.17, 15) is 14.5 Å². The predicted octanol–water partition coefficient (Wildman–Crippen LogP) is 3.71. The van der Waals surface area contributed by atoms with Gasteiger partial charge in [0.05, 0.1) is 10.6 Å². The van der Waals surface area contributed by atoms with Crippen LogP contribution in [0.25, 0.3) is 0 Å². The molecule has 0 atom stereocenters. The number of nitrogens with zero attached hydrogens (tertiary/aromatic N) is 4. The summed E-state index contributed by atoms with van der Waals surface area (Å²) in [5.41, 5.74) is 0.457. The Balaban J connectivity index is 2.02. The van der Waals surface area contributed by atoms with E-state index in [2.05, 4.69) is 25.6 Å². The van der Waals surface area contributed by atoms with E-state index in [1.165, 1.54) is 18.2 Å². The molecule has 0 amide bonds. The van der Waals surface area contributed by atoms with Crippen molar-refractivity contribution >= 4 is 28.8 Å². The standard InChI is InChI=1S/C16H13FN6O2/c1-10-5-4-8-18-14(10)22-16-13(23(24)25)15(19-9-20-16)21-12-7-3-2-6-11(12)17/h2-9H,1H3,(H2,18,19,20,21,22). The second-order valence-electron chi connectivity index (χ2n) is 5.08. The minimum atomic E-state index is -0.635. The van der Waals surface area contributed by atoms with Gasteiger partial charge < -0.3 is 10.6 Å². The third-order valence-corrected chi connectivity index (χ3v) is 3.38. The van der Waals surface area contributed by atoms with E-state index in [1.807, 2.05) is 0 Å². The van der Waals surface area contributed by atoms with Gasteiger partial charge in [-0.15, -0.1) is 0 Å². The van der Waals surface area contributed by atoms with Crippen molar-refractivity contribution in [3.63, 3.8) is 0 Å². The number of anilines is 4. The van der Waals surface area contributed by atoms with Crippen molar-refractivity contribution in [2.75, 3.05) is 10.6 Å². The van der Waals surface area contributed by atoms with Crippen molar-refractivity contribution in [2.45, 2.75) is 6.92 Å². The first kappa shape index (κ1) is 16.2. The zero-order chi connectivity index (χ0) is 17.8. The number of hydrogen-bond donors (Lipinski definition) is 2. The van der Waals surface area contributed by atoms with Crippen LogP contribution in [0.3, 0.4) is 0 Å². The summed E-state index contributed by atoms with van der Waals surface area (Å²) in [5.74, 6) is -0.284. The molecule has 8 nitrogen and oxygen atoms in total. The van der Waals surface area contributed by atoms with Crippen molar-refractivity contribution in [3.05, 3.63) is 70.4 Å². The van der Waals surface area contributed by atoms with Crippen LogP contribution in [0.2, 0.25) is 0 Å². The average Bonchev–Trinajstić information content (AvgIpc) is 2.59. The fourth-order valence-electron chi connectivity index (χ4n) is 2.15.